The number of aromatic nitrogens is 2. The van der Waals surface area contributed by atoms with E-state index in [2.05, 4.69) is 15.3 Å². The lowest BCUT2D eigenvalue weighted by molar-refractivity contribution is -0.105. The van der Waals surface area contributed by atoms with Crippen LogP contribution in [0.25, 0.3) is 0 Å². The molecule has 76 valence electrons. The second-order valence-corrected chi connectivity index (χ2v) is 3.17. The van der Waals surface area contributed by atoms with E-state index in [9.17, 15) is 4.79 Å². The molecule has 4 heteroatoms. The van der Waals surface area contributed by atoms with Crippen molar-refractivity contribution in [3.05, 3.63) is 48.0 Å². The topological polar surface area (TPSA) is 57.8 Å². The highest BCUT2D eigenvalue weighted by Gasteiger charge is 1.97. The van der Waals surface area contributed by atoms with E-state index in [1.807, 2.05) is 24.3 Å². The minimum absolute atomic E-state index is 0.668. The van der Waals surface area contributed by atoms with Gasteiger partial charge in [-0.2, -0.15) is 0 Å². The van der Waals surface area contributed by atoms with E-state index in [-0.39, 0.29) is 0 Å². The molecular formula is C11H11N3O. The molecule has 1 heterocycles. The van der Waals surface area contributed by atoms with Crippen molar-refractivity contribution < 1.29 is 4.79 Å². The second kappa shape index (κ2) is 4.41. The summed E-state index contributed by atoms with van der Waals surface area (Å²) < 4.78 is 0. The quantitative estimate of drug-likeness (QED) is 0.737. The molecule has 4 nitrogen and oxygen atoms in total. The number of hydrogen-bond donors (Lipinski definition) is 2. The summed E-state index contributed by atoms with van der Waals surface area (Å²) in [6.45, 7) is 0. The Hall–Kier alpha value is -2.10. The molecule has 0 radical (unpaired) electrons. The monoisotopic (exact) mass is 201 g/mol. The summed E-state index contributed by atoms with van der Waals surface area (Å²) in [4.78, 5) is 17.4. The van der Waals surface area contributed by atoms with Crippen molar-refractivity contribution in [2.24, 2.45) is 0 Å². The van der Waals surface area contributed by atoms with Crippen LogP contribution in [0.3, 0.4) is 0 Å². The van der Waals surface area contributed by atoms with E-state index in [4.69, 9.17) is 0 Å². The summed E-state index contributed by atoms with van der Waals surface area (Å²) in [7, 11) is 0. The number of amides is 1. The average molecular weight is 201 g/mol. The predicted molar refractivity (Wildman–Crippen MR) is 57.5 cm³/mol. The van der Waals surface area contributed by atoms with Gasteiger partial charge in [-0.1, -0.05) is 12.1 Å². The third-order valence-electron chi connectivity index (χ3n) is 2.11. The fraction of sp³-hybridized carbons (Fsp3) is 0.0909. The van der Waals surface area contributed by atoms with Crippen LogP contribution in [0.2, 0.25) is 0 Å². The largest absolute Gasteiger partial charge is 0.348 e. The molecule has 0 saturated heterocycles. The molecule has 0 aliphatic rings. The van der Waals surface area contributed by atoms with E-state index in [0.717, 1.165) is 23.5 Å². The van der Waals surface area contributed by atoms with Crippen molar-refractivity contribution in [1.29, 1.82) is 0 Å². The van der Waals surface area contributed by atoms with Crippen LogP contribution in [0.1, 0.15) is 11.4 Å². The molecule has 2 rings (SSSR count). The van der Waals surface area contributed by atoms with Crippen LogP contribution < -0.4 is 5.32 Å². The number of carbonyl (C=O) groups is 1. The molecule has 1 aromatic heterocycles. The summed E-state index contributed by atoms with van der Waals surface area (Å²) in [6.07, 6.45) is 4.98. The number of anilines is 1. The number of nitrogens with one attached hydrogen (secondary N) is 2. The SMILES string of the molecule is O=CNc1ccc(Cc2ncc[nH]2)cc1. The van der Waals surface area contributed by atoms with E-state index in [1.54, 1.807) is 12.4 Å². The van der Waals surface area contributed by atoms with Gasteiger partial charge in [0.05, 0.1) is 0 Å². The smallest absolute Gasteiger partial charge is 0.211 e. The zero-order chi connectivity index (χ0) is 10.5. The number of aromatic amines is 1. The van der Waals surface area contributed by atoms with Gasteiger partial charge in [0.15, 0.2) is 0 Å². The maximum absolute atomic E-state index is 10.2. The second-order valence-electron chi connectivity index (χ2n) is 3.17. The first-order chi connectivity index (χ1) is 7.38. The van der Waals surface area contributed by atoms with Gasteiger partial charge >= 0.3 is 0 Å². The van der Waals surface area contributed by atoms with E-state index in [0.29, 0.717) is 6.41 Å². The highest BCUT2D eigenvalue weighted by molar-refractivity contribution is 5.71. The molecule has 0 atom stereocenters. The Bertz CT molecular complexity index is 420. The summed E-state index contributed by atoms with van der Waals surface area (Å²) in [5.74, 6) is 0.936. The molecule has 0 spiro atoms. The van der Waals surface area contributed by atoms with E-state index in [1.165, 1.54) is 0 Å². The minimum atomic E-state index is 0.668. The molecule has 0 aliphatic carbocycles. The average Bonchev–Trinajstić information content (AvgIpc) is 2.74. The summed E-state index contributed by atoms with van der Waals surface area (Å²) in [5, 5.41) is 2.59. The lowest BCUT2D eigenvalue weighted by Gasteiger charge is -2.01. The fourth-order valence-electron chi connectivity index (χ4n) is 1.37. The van der Waals surface area contributed by atoms with Gasteiger partial charge in [0.2, 0.25) is 6.41 Å². The number of benzene rings is 1. The van der Waals surface area contributed by atoms with Gasteiger partial charge in [-0.15, -0.1) is 0 Å². The van der Waals surface area contributed by atoms with Crippen molar-refractivity contribution in [2.45, 2.75) is 6.42 Å². The Morgan fingerprint density at radius 3 is 2.73 bits per heavy atom. The Morgan fingerprint density at radius 1 is 1.33 bits per heavy atom. The standard InChI is InChI=1S/C11H11N3O/c15-8-14-10-3-1-9(2-4-10)7-11-12-5-6-13-11/h1-6,8H,7H2,(H,12,13)(H,14,15). The maximum Gasteiger partial charge on any atom is 0.211 e. The summed E-state index contributed by atoms with van der Waals surface area (Å²) in [5.41, 5.74) is 1.95. The van der Waals surface area contributed by atoms with Crippen molar-refractivity contribution in [1.82, 2.24) is 9.97 Å². The molecule has 0 aliphatic heterocycles. The van der Waals surface area contributed by atoms with Crippen molar-refractivity contribution in [3.63, 3.8) is 0 Å². The van der Waals surface area contributed by atoms with Crippen LogP contribution in [-0.4, -0.2) is 16.4 Å². The van der Waals surface area contributed by atoms with Gasteiger partial charge in [-0.3, -0.25) is 4.79 Å². The molecular weight excluding hydrogens is 190 g/mol. The number of H-pyrrole nitrogens is 1. The lowest BCUT2D eigenvalue weighted by Crippen LogP contribution is -1.94. The normalized spacial score (nSPS) is 9.87. The molecule has 1 aromatic carbocycles. The molecule has 15 heavy (non-hydrogen) atoms. The van der Waals surface area contributed by atoms with Gasteiger partial charge in [-0.05, 0) is 17.7 Å². The van der Waals surface area contributed by atoms with Crippen LogP contribution in [0.4, 0.5) is 5.69 Å². The van der Waals surface area contributed by atoms with Gasteiger partial charge in [-0.25, -0.2) is 4.98 Å². The third-order valence-corrected chi connectivity index (χ3v) is 2.11. The summed E-state index contributed by atoms with van der Waals surface area (Å²) in [6, 6.07) is 7.67. The van der Waals surface area contributed by atoms with Gasteiger partial charge in [0, 0.05) is 24.5 Å². The van der Waals surface area contributed by atoms with Gasteiger partial charge < -0.3 is 10.3 Å². The summed E-state index contributed by atoms with van der Waals surface area (Å²) >= 11 is 0. The molecule has 0 fully saturated rings. The van der Waals surface area contributed by atoms with Crippen LogP contribution >= 0.6 is 0 Å². The molecule has 1 amide bonds. The van der Waals surface area contributed by atoms with Crippen molar-refractivity contribution in [2.75, 3.05) is 5.32 Å². The first kappa shape index (κ1) is 9.45. The first-order valence-electron chi connectivity index (χ1n) is 4.66. The van der Waals surface area contributed by atoms with Crippen molar-refractivity contribution in [3.8, 4) is 0 Å². The minimum Gasteiger partial charge on any atom is -0.348 e. The van der Waals surface area contributed by atoms with Crippen LogP contribution in [0.5, 0.6) is 0 Å². The maximum atomic E-state index is 10.2. The Labute approximate surface area is 87.4 Å². The number of carbonyl (C=O) groups excluding carboxylic acids is 1. The molecule has 0 unspecified atom stereocenters. The van der Waals surface area contributed by atoms with E-state index < -0.39 is 0 Å². The zero-order valence-corrected chi connectivity index (χ0v) is 8.10. The highest BCUT2D eigenvalue weighted by Crippen LogP contribution is 2.10. The number of rotatable bonds is 4. The Balaban J connectivity index is 2.07. The van der Waals surface area contributed by atoms with E-state index >= 15 is 0 Å². The van der Waals surface area contributed by atoms with Gasteiger partial charge in [0.1, 0.15) is 5.82 Å². The number of nitrogens with zero attached hydrogens (tertiary/aromatic N) is 1. The highest BCUT2D eigenvalue weighted by atomic mass is 16.1. The first-order valence-corrected chi connectivity index (χ1v) is 4.66. The molecule has 2 aromatic rings. The number of hydrogen-bond acceptors (Lipinski definition) is 2. The Morgan fingerprint density at radius 2 is 2.13 bits per heavy atom. The molecule has 0 bridgehead atoms. The zero-order valence-electron chi connectivity index (χ0n) is 8.10. The van der Waals surface area contributed by atoms with Crippen LogP contribution in [0.15, 0.2) is 36.7 Å². The van der Waals surface area contributed by atoms with Crippen LogP contribution in [0, 0.1) is 0 Å². The molecule has 0 saturated carbocycles. The molecule has 2 N–H and O–H groups in total. The predicted octanol–water partition coefficient (Wildman–Crippen LogP) is 1.57. The Kier molecular flexibility index (Phi) is 2.78. The van der Waals surface area contributed by atoms with Gasteiger partial charge in [0.25, 0.3) is 0 Å². The third kappa shape index (κ3) is 2.43. The lowest BCUT2D eigenvalue weighted by atomic mass is 10.1. The number of imidazole rings is 1. The van der Waals surface area contributed by atoms with Crippen molar-refractivity contribution >= 4 is 12.1 Å². The fourth-order valence-corrected chi connectivity index (χ4v) is 1.37. The van der Waals surface area contributed by atoms with Crippen LogP contribution in [-0.2, 0) is 11.2 Å².